The van der Waals surface area contributed by atoms with Crippen LogP contribution in [0.1, 0.15) is 23.6 Å². The molecule has 2 aromatic carbocycles. The summed E-state index contributed by atoms with van der Waals surface area (Å²) in [7, 11) is 0. The third kappa shape index (κ3) is 6.18. The Kier molecular flexibility index (Phi) is 7.39. The molecule has 0 unspecified atom stereocenters. The molecule has 0 spiro atoms. The van der Waals surface area contributed by atoms with Crippen LogP contribution in [0, 0.1) is 0 Å². The predicted octanol–water partition coefficient (Wildman–Crippen LogP) is 5.51. The Bertz CT molecular complexity index is 945. The summed E-state index contributed by atoms with van der Waals surface area (Å²) >= 11 is 11.5. The summed E-state index contributed by atoms with van der Waals surface area (Å²) < 4.78 is 81.1. The van der Waals surface area contributed by atoms with Gasteiger partial charge in [-0.2, -0.15) is 26.3 Å². The van der Waals surface area contributed by atoms with Crippen LogP contribution in [0.25, 0.3) is 0 Å². The summed E-state index contributed by atoms with van der Waals surface area (Å²) in [6, 6.07) is 5.61. The number of benzene rings is 2. The minimum Gasteiger partial charge on any atom is -0.381 e. The van der Waals surface area contributed by atoms with Crippen molar-refractivity contribution in [1.29, 1.82) is 0 Å². The Hall–Kier alpha value is -2.17. The van der Waals surface area contributed by atoms with E-state index in [-0.39, 0.29) is 21.3 Å². The van der Waals surface area contributed by atoms with Crippen molar-refractivity contribution in [3.8, 4) is 0 Å². The smallest absolute Gasteiger partial charge is 0.381 e. The Morgan fingerprint density at radius 1 is 1.00 bits per heavy atom. The van der Waals surface area contributed by atoms with E-state index >= 15 is 0 Å². The third-order valence-electron chi connectivity index (χ3n) is 4.30. The van der Waals surface area contributed by atoms with Gasteiger partial charge in [0, 0.05) is 29.2 Å². The highest BCUT2D eigenvalue weighted by Crippen LogP contribution is 2.41. The molecule has 2 aromatic rings. The molecule has 170 valence electrons. The van der Waals surface area contributed by atoms with Crippen molar-refractivity contribution >= 4 is 34.8 Å². The largest absolute Gasteiger partial charge is 0.423 e. The number of nitrogens with one attached hydrogen (secondary N) is 2. The summed E-state index contributed by atoms with van der Waals surface area (Å²) in [5.41, 5.74) is -5.92. The number of anilines is 1. The molecule has 0 aliphatic rings. The van der Waals surface area contributed by atoms with Crippen LogP contribution in [0.15, 0.2) is 36.4 Å². The molecule has 0 saturated carbocycles. The molecule has 3 N–H and O–H groups in total. The second-order valence-electron chi connectivity index (χ2n) is 6.65. The Morgan fingerprint density at radius 3 is 2.06 bits per heavy atom. The summed E-state index contributed by atoms with van der Waals surface area (Å²) in [5.74, 6) is -0.550. The molecule has 0 bridgehead atoms. The van der Waals surface area contributed by atoms with E-state index in [1.54, 1.807) is 0 Å². The molecule has 0 heterocycles. The van der Waals surface area contributed by atoms with E-state index in [4.69, 9.17) is 23.2 Å². The number of hydrogen-bond donors (Lipinski definition) is 3. The fourth-order valence-corrected chi connectivity index (χ4v) is 3.24. The van der Waals surface area contributed by atoms with Crippen LogP contribution in [-0.2, 0) is 23.1 Å². The van der Waals surface area contributed by atoms with Crippen molar-refractivity contribution in [2.75, 3.05) is 11.9 Å². The van der Waals surface area contributed by atoms with Crippen molar-refractivity contribution < 1.29 is 36.2 Å². The van der Waals surface area contributed by atoms with Crippen LogP contribution in [0.3, 0.4) is 0 Å². The Balaban J connectivity index is 2.38. The van der Waals surface area contributed by atoms with Crippen molar-refractivity contribution in [3.05, 3.63) is 63.1 Å². The van der Waals surface area contributed by atoms with E-state index in [0.717, 1.165) is 31.2 Å². The molecule has 4 nitrogen and oxygen atoms in total. The second-order valence-corrected chi connectivity index (χ2v) is 7.52. The van der Waals surface area contributed by atoms with E-state index in [0.29, 0.717) is 6.07 Å². The lowest BCUT2D eigenvalue weighted by molar-refractivity contribution is -0.260. The molecule has 31 heavy (non-hydrogen) atoms. The zero-order valence-corrected chi connectivity index (χ0v) is 17.3. The summed E-state index contributed by atoms with van der Waals surface area (Å²) in [6.45, 7) is -0.503. The van der Waals surface area contributed by atoms with Gasteiger partial charge >= 0.3 is 12.4 Å². The third-order valence-corrected chi connectivity index (χ3v) is 4.74. The van der Waals surface area contributed by atoms with E-state index < -0.39 is 48.1 Å². The SMILES string of the molecule is CC(=O)NCc1ccc(NC[C@](O)(c2cc(Cl)cc(Cl)c2)C(F)(F)F)cc1C(F)(F)F. The first kappa shape index (κ1) is 25.1. The van der Waals surface area contributed by atoms with Crippen LogP contribution in [0.2, 0.25) is 10.0 Å². The van der Waals surface area contributed by atoms with Crippen LogP contribution >= 0.6 is 23.2 Å². The topological polar surface area (TPSA) is 61.4 Å². The maximum Gasteiger partial charge on any atom is 0.423 e. The zero-order valence-electron chi connectivity index (χ0n) is 15.8. The van der Waals surface area contributed by atoms with Crippen LogP contribution in [0.4, 0.5) is 32.0 Å². The molecular formula is C19H16Cl2F6N2O2. The lowest BCUT2D eigenvalue weighted by Crippen LogP contribution is -2.47. The molecule has 0 aliphatic carbocycles. The predicted molar refractivity (Wildman–Crippen MR) is 104 cm³/mol. The number of hydrogen-bond acceptors (Lipinski definition) is 3. The summed E-state index contributed by atoms with van der Waals surface area (Å²) in [6.07, 6.45) is -10.0. The highest BCUT2D eigenvalue weighted by Gasteiger charge is 2.55. The average molecular weight is 489 g/mol. The fraction of sp³-hybridized carbons (Fsp3) is 0.316. The van der Waals surface area contributed by atoms with Crippen LogP contribution < -0.4 is 10.6 Å². The molecule has 0 fully saturated rings. The normalized spacial score (nSPS) is 14.1. The molecule has 0 aliphatic heterocycles. The van der Waals surface area contributed by atoms with Gasteiger partial charge in [0.15, 0.2) is 0 Å². The number of halogens is 8. The Labute approximate surface area is 183 Å². The number of carbonyl (C=O) groups excluding carboxylic acids is 1. The van der Waals surface area contributed by atoms with Crippen molar-refractivity contribution in [1.82, 2.24) is 5.32 Å². The standard InChI is InChI=1S/C19H16Cl2F6N2O2/c1-10(30)28-8-11-2-3-15(7-16(11)18(22,23)24)29-9-17(31,19(25,26)27)12-4-13(20)6-14(21)5-12/h2-7,29,31H,8-9H2,1H3,(H,28,30)/t17-/m0/s1. The van der Waals surface area contributed by atoms with E-state index in [1.165, 1.54) is 6.07 Å². The maximum atomic E-state index is 13.7. The fourth-order valence-electron chi connectivity index (χ4n) is 2.71. The quantitative estimate of drug-likeness (QED) is 0.469. The first-order valence-electron chi connectivity index (χ1n) is 8.57. The molecule has 2 rings (SSSR count). The second kappa shape index (κ2) is 9.13. The lowest BCUT2D eigenvalue weighted by atomic mass is 9.92. The monoisotopic (exact) mass is 488 g/mol. The Morgan fingerprint density at radius 2 is 1.58 bits per heavy atom. The first-order valence-corrected chi connectivity index (χ1v) is 9.33. The van der Waals surface area contributed by atoms with Gasteiger partial charge in [0.25, 0.3) is 0 Å². The number of aliphatic hydroxyl groups is 1. The number of carbonyl (C=O) groups is 1. The maximum absolute atomic E-state index is 13.7. The summed E-state index contributed by atoms with van der Waals surface area (Å²) in [4.78, 5) is 11.0. The minimum atomic E-state index is -5.20. The first-order chi connectivity index (χ1) is 14.1. The van der Waals surface area contributed by atoms with Crippen molar-refractivity contribution in [2.45, 2.75) is 31.4 Å². The number of alkyl halides is 6. The molecule has 0 radical (unpaired) electrons. The molecule has 0 aromatic heterocycles. The van der Waals surface area contributed by atoms with Crippen LogP contribution in [-0.4, -0.2) is 23.7 Å². The molecule has 0 saturated heterocycles. The van der Waals surface area contributed by atoms with Crippen molar-refractivity contribution in [3.63, 3.8) is 0 Å². The molecule has 1 amide bonds. The number of amides is 1. The van der Waals surface area contributed by atoms with Gasteiger partial charge in [-0.1, -0.05) is 29.3 Å². The van der Waals surface area contributed by atoms with Gasteiger partial charge < -0.3 is 15.7 Å². The van der Waals surface area contributed by atoms with Gasteiger partial charge in [-0.25, -0.2) is 0 Å². The van der Waals surface area contributed by atoms with Gasteiger partial charge in [-0.15, -0.1) is 0 Å². The van der Waals surface area contributed by atoms with Gasteiger partial charge in [0.2, 0.25) is 11.5 Å². The minimum absolute atomic E-state index is 0.160. The van der Waals surface area contributed by atoms with Gasteiger partial charge in [0.1, 0.15) is 0 Å². The van der Waals surface area contributed by atoms with Crippen LogP contribution in [0.5, 0.6) is 0 Å². The van der Waals surface area contributed by atoms with E-state index in [9.17, 15) is 36.2 Å². The van der Waals surface area contributed by atoms with E-state index in [2.05, 4.69) is 10.6 Å². The number of rotatable bonds is 6. The van der Waals surface area contributed by atoms with Gasteiger partial charge in [0.05, 0.1) is 12.1 Å². The van der Waals surface area contributed by atoms with Gasteiger partial charge in [-0.05, 0) is 41.5 Å². The van der Waals surface area contributed by atoms with Crippen molar-refractivity contribution in [2.24, 2.45) is 0 Å². The molecule has 1 atom stereocenters. The molecule has 12 heteroatoms. The average Bonchev–Trinajstić information content (AvgIpc) is 2.62. The molecular weight excluding hydrogens is 473 g/mol. The summed E-state index contributed by atoms with van der Waals surface area (Å²) in [5, 5.41) is 14.5. The lowest BCUT2D eigenvalue weighted by Gasteiger charge is -2.32. The zero-order chi connectivity index (χ0) is 23.6. The highest BCUT2D eigenvalue weighted by atomic mass is 35.5. The van der Waals surface area contributed by atoms with E-state index in [1.807, 2.05) is 0 Å². The van der Waals surface area contributed by atoms with Gasteiger partial charge in [-0.3, -0.25) is 4.79 Å². The highest BCUT2D eigenvalue weighted by molar-refractivity contribution is 6.34.